The van der Waals surface area contributed by atoms with Gasteiger partial charge in [-0.2, -0.15) is 0 Å². The van der Waals surface area contributed by atoms with Gasteiger partial charge in [0.2, 0.25) is 5.56 Å². The van der Waals surface area contributed by atoms with Crippen molar-refractivity contribution in [1.29, 1.82) is 0 Å². The molecule has 3 aromatic rings. The Bertz CT molecular complexity index is 1120. The van der Waals surface area contributed by atoms with E-state index in [1.54, 1.807) is 0 Å². The fraction of sp³-hybridized carbons (Fsp3) is 0.333. The van der Waals surface area contributed by atoms with Crippen LogP contribution in [0.3, 0.4) is 0 Å². The predicted octanol–water partition coefficient (Wildman–Crippen LogP) is 3.31. The number of benzene rings is 2. The molecule has 2 aromatic carbocycles. The highest BCUT2D eigenvalue weighted by atomic mass is 16.2. The van der Waals surface area contributed by atoms with Crippen LogP contribution in [0.2, 0.25) is 0 Å². The standard InChI is InChI=1S/C24H27N3O2/c1-15-5-8-17(9-6-15)20-13-27(14-22(20)26(3)4)24(29)19-12-23(28)25-21-10-7-16(2)11-18(19)21/h5-12,20,22H,13-14H2,1-4H3,(H,25,28)/t20-,22+/m0/s1. The van der Waals surface area contributed by atoms with Gasteiger partial charge in [0.25, 0.3) is 5.91 Å². The van der Waals surface area contributed by atoms with E-state index in [2.05, 4.69) is 55.2 Å². The van der Waals surface area contributed by atoms with Crippen LogP contribution < -0.4 is 5.56 Å². The van der Waals surface area contributed by atoms with E-state index in [9.17, 15) is 9.59 Å². The van der Waals surface area contributed by atoms with E-state index in [0.717, 1.165) is 10.9 Å². The van der Waals surface area contributed by atoms with E-state index in [-0.39, 0.29) is 23.4 Å². The highest BCUT2D eigenvalue weighted by Crippen LogP contribution is 2.32. The molecule has 1 N–H and O–H groups in total. The molecule has 0 spiro atoms. The first-order chi connectivity index (χ1) is 13.8. The number of nitrogens with zero attached hydrogens (tertiary/aromatic N) is 2. The number of carbonyl (C=O) groups is 1. The lowest BCUT2D eigenvalue weighted by atomic mass is 9.93. The average Bonchev–Trinajstić information content (AvgIpc) is 3.13. The Labute approximate surface area is 171 Å². The third-order valence-corrected chi connectivity index (χ3v) is 5.97. The molecule has 1 amide bonds. The molecule has 1 fully saturated rings. The van der Waals surface area contributed by atoms with E-state index in [1.807, 2.05) is 30.0 Å². The highest BCUT2D eigenvalue weighted by Gasteiger charge is 2.38. The summed E-state index contributed by atoms with van der Waals surface area (Å²) in [6, 6.07) is 16.0. The van der Waals surface area contributed by atoms with Gasteiger partial charge in [-0.15, -0.1) is 0 Å². The second kappa shape index (κ2) is 7.48. The molecule has 0 aliphatic carbocycles. The van der Waals surface area contributed by atoms with Crippen molar-refractivity contribution in [2.75, 3.05) is 27.2 Å². The van der Waals surface area contributed by atoms with Crippen LogP contribution in [0.1, 0.15) is 33.0 Å². The molecule has 29 heavy (non-hydrogen) atoms. The Morgan fingerprint density at radius 3 is 2.38 bits per heavy atom. The lowest BCUT2D eigenvalue weighted by Gasteiger charge is -2.25. The van der Waals surface area contributed by atoms with E-state index >= 15 is 0 Å². The molecule has 150 valence electrons. The molecule has 1 saturated heterocycles. The van der Waals surface area contributed by atoms with Crippen LogP contribution in [0, 0.1) is 13.8 Å². The molecular formula is C24H27N3O2. The first-order valence-electron chi connectivity index (χ1n) is 9.99. The number of aromatic nitrogens is 1. The van der Waals surface area contributed by atoms with Crippen molar-refractivity contribution in [3.8, 4) is 0 Å². The third kappa shape index (κ3) is 3.70. The van der Waals surface area contributed by atoms with Crippen molar-refractivity contribution in [3.63, 3.8) is 0 Å². The van der Waals surface area contributed by atoms with E-state index < -0.39 is 0 Å². The predicted molar refractivity (Wildman–Crippen MR) is 117 cm³/mol. The molecule has 0 unspecified atom stereocenters. The average molecular weight is 389 g/mol. The summed E-state index contributed by atoms with van der Waals surface area (Å²) in [4.78, 5) is 32.6. The molecule has 0 saturated carbocycles. The number of fused-ring (bicyclic) bond motifs is 1. The summed E-state index contributed by atoms with van der Waals surface area (Å²) in [5.41, 5.74) is 4.47. The number of likely N-dealkylation sites (N-methyl/N-ethyl adjacent to an activating group) is 1. The molecule has 2 atom stereocenters. The normalized spacial score (nSPS) is 19.3. The van der Waals surface area contributed by atoms with Crippen molar-refractivity contribution >= 4 is 16.8 Å². The number of amides is 1. The van der Waals surface area contributed by atoms with Gasteiger partial charge in [0.1, 0.15) is 0 Å². The van der Waals surface area contributed by atoms with E-state index in [1.165, 1.54) is 17.2 Å². The maximum Gasteiger partial charge on any atom is 0.254 e. The van der Waals surface area contributed by atoms with E-state index in [0.29, 0.717) is 24.2 Å². The number of carbonyl (C=O) groups excluding carboxylic acids is 1. The summed E-state index contributed by atoms with van der Waals surface area (Å²) in [6.45, 7) is 5.36. The second-order valence-electron chi connectivity index (χ2n) is 8.35. The number of pyridine rings is 1. The second-order valence-corrected chi connectivity index (χ2v) is 8.35. The number of H-pyrrole nitrogens is 1. The maximum atomic E-state index is 13.5. The summed E-state index contributed by atoms with van der Waals surface area (Å²) in [6.07, 6.45) is 0. The number of nitrogens with one attached hydrogen (secondary N) is 1. The lowest BCUT2D eigenvalue weighted by Crippen LogP contribution is -2.36. The molecule has 4 rings (SSSR count). The molecule has 5 heteroatoms. The SMILES string of the molecule is Cc1ccc([C@@H]2CN(C(=O)c3cc(=O)[nH]c4ccc(C)cc34)C[C@H]2N(C)C)cc1. The number of aryl methyl sites for hydroxylation is 2. The van der Waals surface area contributed by atoms with Gasteiger partial charge in [-0.05, 0) is 45.6 Å². The molecule has 2 heterocycles. The van der Waals surface area contributed by atoms with Crippen LogP contribution in [0.25, 0.3) is 10.9 Å². The number of likely N-dealkylation sites (tertiary alicyclic amines) is 1. The number of hydrogen-bond acceptors (Lipinski definition) is 3. The molecule has 5 nitrogen and oxygen atoms in total. The third-order valence-electron chi connectivity index (χ3n) is 5.97. The minimum atomic E-state index is -0.247. The van der Waals surface area contributed by atoms with Crippen molar-refractivity contribution < 1.29 is 4.79 Å². The van der Waals surface area contributed by atoms with E-state index in [4.69, 9.17) is 0 Å². The number of rotatable bonds is 3. The minimum absolute atomic E-state index is 0.0758. The molecular weight excluding hydrogens is 362 g/mol. The van der Waals surface area contributed by atoms with Crippen LogP contribution in [-0.4, -0.2) is 53.9 Å². The van der Waals surface area contributed by atoms with Crippen LogP contribution in [-0.2, 0) is 0 Å². The van der Waals surface area contributed by atoms with Crippen LogP contribution in [0.4, 0.5) is 0 Å². The van der Waals surface area contributed by atoms with Gasteiger partial charge in [0.15, 0.2) is 0 Å². The fourth-order valence-corrected chi connectivity index (χ4v) is 4.33. The van der Waals surface area contributed by atoms with Gasteiger partial charge in [-0.1, -0.05) is 41.5 Å². The molecule has 1 aliphatic heterocycles. The van der Waals surface area contributed by atoms with Crippen molar-refractivity contribution in [2.24, 2.45) is 0 Å². The zero-order valence-corrected chi connectivity index (χ0v) is 17.4. The largest absolute Gasteiger partial charge is 0.336 e. The summed E-state index contributed by atoms with van der Waals surface area (Å²) in [5, 5.41) is 0.801. The van der Waals surface area contributed by atoms with Gasteiger partial charge in [0, 0.05) is 42.0 Å². The molecule has 1 aliphatic rings. The van der Waals surface area contributed by atoms with Crippen molar-refractivity contribution in [3.05, 3.63) is 81.1 Å². The quantitative estimate of drug-likeness (QED) is 0.748. The van der Waals surface area contributed by atoms with Gasteiger partial charge >= 0.3 is 0 Å². The Kier molecular flexibility index (Phi) is 5.01. The van der Waals surface area contributed by atoms with Gasteiger partial charge in [0.05, 0.1) is 5.56 Å². The summed E-state index contributed by atoms with van der Waals surface area (Å²) >= 11 is 0. The Hall–Kier alpha value is -2.92. The zero-order valence-electron chi connectivity index (χ0n) is 17.4. The maximum absolute atomic E-state index is 13.5. The smallest absolute Gasteiger partial charge is 0.254 e. The van der Waals surface area contributed by atoms with Crippen LogP contribution >= 0.6 is 0 Å². The molecule has 0 bridgehead atoms. The Balaban J connectivity index is 1.71. The highest BCUT2D eigenvalue weighted by molar-refractivity contribution is 6.06. The first kappa shape index (κ1) is 19.4. The summed E-state index contributed by atoms with van der Waals surface area (Å²) in [7, 11) is 4.12. The first-order valence-corrected chi connectivity index (χ1v) is 9.99. The van der Waals surface area contributed by atoms with Crippen LogP contribution in [0.15, 0.2) is 53.3 Å². The summed E-state index contributed by atoms with van der Waals surface area (Å²) < 4.78 is 0. The lowest BCUT2D eigenvalue weighted by molar-refractivity contribution is 0.0784. The fourth-order valence-electron chi connectivity index (χ4n) is 4.33. The molecule has 1 aromatic heterocycles. The van der Waals surface area contributed by atoms with Crippen molar-refractivity contribution in [1.82, 2.24) is 14.8 Å². The Morgan fingerprint density at radius 2 is 1.69 bits per heavy atom. The summed E-state index contributed by atoms with van der Waals surface area (Å²) in [5.74, 6) is 0.165. The van der Waals surface area contributed by atoms with Crippen LogP contribution in [0.5, 0.6) is 0 Å². The van der Waals surface area contributed by atoms with Gasteiger partial charge in [-0.3, -0.25) is 9.59 Å². The van der Waals surface area contributed by atoms with Gasteiger partial charge < -0.3 is 14.8 Å². The minimum Gasteiger partial charge on any atom is -0.336 e. The number of hydrogen-bond donors (Lipinski definition) is 1. The monoisotopic (exact) mass is 389 g/mol. The van der Waals surface area contributed by atoms with Gasteiger partial charge in [-0.25, -0.2) is 0 Å². The number of aromatic amines is 1. The Morgan fingerprint density at radius 1 is 1.00 bits per heavy atom. The van der Waals surface area contributed by atoms with Crippen molar-refractivity contribution in [2.45, 2.75) is 25.8 Å². The molecule has 0 radical (unpaired) electrons. The topological polar surface area (TPSA) is 56.4 Å². The zero-order chi connectivity index (χ0) is 20.7.